The van der Waals surface area contributed by atoms with Gasteiger partial charge in [-0.1, -0.05) is 0 Å². The van der Waals surface area contributed by atoms with Crippen molar-refractivity contribution in [2.24, 2.45) is 5.14 Å². The Morgan fingerprint density at radius 1 is 1.25 bits per heavy atom. The molecule has 0 radical (unpaired) electrons. The van der Waals surface area contributed by atoms with E-state index in [0.717, 1.165) is 0 Å². The van der Waals surface area contributed by atoms with Crippen molar-refractivity contribution in [3.05, 3.63) is 32.9 Å². The van der Waals surface area contributed by atoms with Crippen molar-refractivity contribution >= 4 is 15.7 Å². The van der Waals surface area contributed by atoms with Crippen LogP contribution in [-0.2, 0) is 10.0 Å². The van der Waals surface area contributed by atoms with Gasteiger partial charge >= 0.3 is 0 Å². The molecule has 1 rings (SSSR count). The van der Waals surface area contributed by atoms with Crippen LogP contribution in [0.15, 0.2) is 11.0 Å². The molecule has 7 heteroatoms. The molecule has 0 aliphatic carbocycles. The number of nitrogens with two attached hydrogens (primary N) is 1. The van der Waals surface area contributed by atoms with Gasteiger partial charge in [0.05, 0.1) is 9.82 Å². The third-order valence-corrected chi connectivity index (χ3v) is 3.52. The van der Waals surface area contributed by atoms with E-state index in [0.29, 0.717) is 11.1 Å². The number of sulfonamides is 1. The van der Waals surface area contributed by atoms with Gasteiger partial charge in [0.1, 0.15) is 0 Å². The first-order valence-corrected chi connectivity index (χ1v) is 5.99. The number of nitro benzene ring substituents is 1. The van der Waals surface area contributed by atoms with Crippen molar-refractivity contribution < 1.29 is 13.3 Å². The first-order chi connectivity index (χ1) is 7.16. The van der Waals surface area contributed by atoms with Gasteiger partial charge in [0.25, 0.3) is 5.69 Å². The Balaban J connectivity index is 3.79. The lowest BCUT2D eigenvalue weighted by Gasteiger charge is -2.09. The molecule has 6 nitrogen and oxygen atoms in total. The lowest BCUT2D eigenvalue weighted by molar-refractivity contribution is -0.386. The predicted octanol–water partition coefficient (Wildman–Crippen LogP) is 1.17. The van der Waals surface area contributed by atoms with E-state index in [4.69, 9.17) is 5.14 Å². The maximum atomic E-state index is 11.3. The first-order valence-electron chi connectivity index (χ1n) is 4.44. The number of hydrogen-bond donors (Lipinski definition) is 1. The molecule has 0 aliphatic rings. The van der Waals surface area contributed by atoms with Crippen LogP contribution in [0.4, 0.5) is 5.69 Å². The predicted molar refractivity (Wildman–Crippen MR) is 58.7 cm³/mol. The molecule has 0 saturated carbocycles. The van der Waals surface area contributed by atoms with Crippen molar-refractivity contribution in [2.45, 2.75) is 25.7 Å². The molecular weight excluding hydrogens is 232 g/mol. The highest BCUT2D eigenvalue weighted by Gasteiger charge is 2.25. The Hall–Kier alpha value is -1.47. The largest absolute Gasteiger partial charge is 0.276 e. The number of nitrogens with zero attached hydrogens (tertiary/aromatic N) is 1. The van der Waals surface area contributed by atoms with Crippen LogP contribution in [-0.4, -0.2) is 13.3 Å². The second kappa shape index (κ2) is 3.84. The molecule has 0 aliphatic heterocycles. The fourth-order valence-corrected chi connectivity index (χ4v) is 2.91. The van der Waals surface area contributed by atoms with Crippen LogP contribution in [0.1, 0.15) is 16.7 Å². The van der Waals surface area contributed by atoms with Crippen molar-refractivity contribution in [2.75, 3.05) is 0 Å². The summed E-state index contributed by atoms with van der Waals surface area (Å²) in [7, 11) is -3.94. The highest BCUT2D eigenvalue weighted by molar-refractivity contribution is 7.89. The van der Waals surface area contributed by atoms with E-state index in [9.17, 15) is 18.5 Å². The zero-order chi connectivity index (χ0) is 12.7. The van der Waals surface area contributed by atoms with E-state index < -0.39 is 14.9 Å². The summed E-state index contributed by atoms with van der Waals surface area (Å²) in [5, 5.41) is 15.8. The Kier molecular flexibility index (Phi) is 3.02. The zero-order valence-corrected chi connectivity index (χ0v) is 9.96. The number of benzene rings is 1. The highest BCUT2D eigenvalue weighted by atomic mass is 32.2. The van der Waals surface area contributed by atoms with Crippen molar-refractivity contribution in [1.29, 1.82) is 0 Å². The van der Waals surface area contributed by atoms with Crippen LogP contribution >= 0.6 is 0 Å². The number of aryl methyl sites for hydroxylation is 2. The summed E-state index contributed by atoms with van der Waals surface area (Å²) in [5.74, 6) is 0. The minimum absolute atomic E-state index is 0.0880. The van der Waals surface area contributed by atoms with E-state index in [1.54, 1.807) is 13.8 Å². The minimum Gasteiger partial charge on any atom is -0.258 e. The highest BCUT2D eigenvalue weighted by Crippen LogP contribution is 2.30. The van der Waals surface area contributed by atoms with Gasteiger partial charge < -0.3 is 0 Å². The van der Waals surface area contributed by atoms with Gasteiger partial charge in [0.15, 0.2) is 0 Å². The van der Waals surface area contributed by atoms with Gasteiger partial charge in [-0.3, -0.25) is 10.1 Å². The summed E-state index contributed by atoms with van der Waals surface area (Å²) in [6.07, 6.45) is 0. The normalized spacial score (nSPS) is 11.5. The lowest BCUT2D eigenvalue weighted by Crippen LogP contribution is -2.16. The van der Waals surface area contributed by atoms with Crippen molar-refractivity contribution in [1.82, 2.24) is 0 Å². The average molecular weight is 244 g/mol. The standard InChI is InChI=1S/C9H12N2O4S/c1-5-4-6(2)9(16(10,14)15)7(3)8(5)11(12)13/h4H,1-3H3,(H2,10,14,15). The molecule has 88 valence electrons. The molecule has 1 aromatic carbocycles. The van der Waals surface area contributed by atoms with Crippen LogP contribution in [0.5, 0.6) is 0 Å². The van der Waals surface area contributed by atoms with E-state index >= 15 is 0 Å². The second-order valence-corrected chi connectivity index (χ2v) is 5.11. The lowest BCUT2D eigenvalue weighted by atomic mass is 10.1. The average Bonchev–Trinajstić information content (AvgIpc) is 1.97. The SMILES string of the molecule is Cc1cc(C)c(S(N)(=O)=O)c(C)c1[N+](=O)[O-]. The molecule has 0 heterocycles. The molecule has 0 unspecified atom stereocenters. The molecule has 0 saturated heterocycles. The fourth-order valence-electron chi connectivity index (χ4n) is 1.88. The minimum atomic E-state index is -3.94. The van der Waals surface area contributed by atoms with E-state index in [1.165, 1.54) is 13.0 Å². The molecule has 0 aromatic heterocycles. The molecular formula is C9H12N2O4S. The van der Waals surface area contributed by atoms with Crippen LogP contribution in [0.2, 0.25) is 0 Å². The summed E-state index contributed by atoms with van der Waals surface area (Å²) in [6.45, 7) is 4.51. The summed E-state index contributed by atoms with van der Waals surface area (Å²) >= 11 is 0. The summed E-state index contributed by atoms with van der Waals surface area (Å²) in [6, 6.07) is 1.45. The van der Waals surface area contributed by atoms with Gasteiger partial charge in [-0.25, -0.2) is 13.6 Å². The molecule has 1 aromatic rings. The van der Waals surface area contributed by atoms with E-state index in [1.807, 2.05) is 0 Å². The first kappa shape index (κ1) is 12.6. The fraction of sp³-hybridized carbons (Fsp3) is 0.333. The molecule has 2 N–H and O–H groups in total. The van der Waals surface area contributed by atoms with E-state index in [-0.39, 0.29) is 16.1 Å². The number of hydrogen-bond acceptors (Lipinski definition) is 4. The smallest absolute Gasteiger partial charge is 0.258 e. The van der Waals surface area contributed by atoms with Gasteiger partial charge in [-0.15, -0.1) is 0 Å². The summed E-state index contributed by atoms with van der Waals surface area (Å²) < 4.78 is 22.6. The third-order valence-electron chi connectivity index (χ3n) is 2.33. The Bertz CT molecular complexity index is 563. The number of rotatable bonds is 2. The van der Waals surface area contributed by atoms with Crippen LogP contribution in [0, 0.1) is 30.9 Å². The van der Waals surface area contributed by atoms with Crippen LogP contribution in [0.3, 0.4) is 0 Å². The zero-order valence-electron chi connectivity index (χ0n) is 9.14. The third kappa shape index (κ3) is 2.05. The maximum Gasteiger partial charge on any atom is 0.276 e. The Labute approximate surface area is 93.3 Å². The van der Waals surface area contributed by atoms with Gasteiger partial charge in [-0.2, -0.15) is 0 Å². The van der Waals surface area contributed by atoms with Crippen molar-refractivity contribution in [3.8, 4) is 0 Å². The Morgan fingerprint density at radius 3 is 2.12 bits per heavy atom. The van der Waals surface area contributed by atoms with Crippen molar-refractivity contribution in [3.63, 3.8) is 0 Å². The molecule has 0 atom stereocenters. The molecule has 0 bridgehead atoms. The summed E-state index contributed by atoms with van der Waals surface area (Å²) in [4.78, 5) is 10.0. The molecule has 0 spiro atoms. The Morgan fingerprint density at radius 2 is 1.75 bits per heavy atom. The monoisotopic (exact) mass is 244 g/mol. The van der Waals surface area contributed by atoms with Gasteiger partial charge in [-0.05, 0) is 32.4 Å². The molecule has 0 amide bonds. The van der Waals surface area contributed by atoms with Crippen LogP contribution < -0.4 is 5.14 Å². The van der Waals surface area contributed by atoms with Crippen LogP contribution in [0.25, 0.3) is 0 Å². The topological polar surface area (TPSA) is 103 Å². The number of nitro groups is 1. The van der Waals surface area contributed by atoms with E-state index in [2.05, 4.69) is 0 Å². The quantitative estimate of drug-likeness (QED) is 0.622. The maximum absolute atomic E-state index is 11.3. The van der Waals surface area contributed by atoms with Gasteiger partial charge in [0, 0.05) is 11.1 Å². The second-order valence-electron chi connectivity index (χ2n) is 3.62. The molecule has 0 fully saturated rings. The van der Waals surface area contributed by atoms with Gasteiger partial charge in [0.2, 0.25) is 10.0 Å². The number of primary sulfonamides is 1. The summed E-state index contributed by atoms with van der Waals surface area (Å²) in [5.41, 5.74) is 0.732. The molecule has 16 heavy (non-hydrogen) atoms.